The number of aromatic nitrogens is 3. The maximum absolute atomic E-state index is 11.8. The number of allylic oxidation sites excluding steroid dienone is 2. The van der Waals surface area contributed by atoms with Crippen molar-refractivity contribution >= 4 is 0 Å². The van der Waals surface area contributed by atoms with Crippen molar-refractivity contribution in [1.82, 2.24) is 13.9 Å². The lowest BCUT2D eigenvalue weighted by Crippen LogP contribution is -2.53. The first kappa shape index (κ1) is 9.69. The fourth-order valence-electron chi connectivity index (χ4n) is 2.98. The fourth-order valence-corrected chi connectivity index (χ4v) is 2.98. The van der Waals surface area contributed by atoms with Crippen LogP contribution in [0.2, 0.25) is 0 Å². The molecule has 3 rings (SSSR count). The number of hydrogen-bond donors (Lipinski definition) is 0. The third kappa shape index (κ3) is 0.870. The molecule has 1 aliphatic heterocycles. The smallest absolute Gasteiger partial charge is 0.246 e. The molecule has 16 heavy (non-hydrogen) atoms. The predicted molar refractivity (Wildman–Crippen MR) is 59.5 cm³/mol. The van der Waals surface area contributed by atoms with E-state index >= 15 is 0 Å². The summed E-state index contributed by atoms with van der Waals surface area (Å²) < 4.78 is 4.41. The van der Waals surface area contributed by atoms with Gasteiger partial charge in [-0.3, -0.25) is 0 Å². The zero-order valence-electron chi connectivity index (χ0n) is 9.62. The van der Waals surface area contributed by atoms with Crippen molar-refractivity contribution < 1.29 is 0 Å². The summed E-state index contributed by atoms with van der Waals surface area (Å²) in [6.45, 7) is 4.18. The van der Waals surface area contributed by atoms with Crippen molar-refractivity contribution in [2.75, 3.05) is 0 Å². The Kier molecular flexibility index (Phi) is 1.68. The molecule has 2 heterocycles. The first-order chi connectivity index (χ1) is 7.54. The van der Waals surface area contributed by atoms with Gasteiger partial charge in [-0.2, -0.15) is 0 Å². The Labute approximate surface area is 92.6 Å². The number of fused-ring (bicyclic) bond motifs is 4. The average molecular weight is 221 g/mol. The second-order valence-corrected chi connectivity index (χ2v) is 4.90. The molecule has 0 radical (unpaired) electrons. The van der Waals surface area contributed by atoms with Crippen molar-refractivity contribution in [1.29, 1.82) is 0 Å². The van der Waals surface area contributed by atoms with Gasteiger partial charge in [-0.1, -0.05) is 26.0 Å². The molecule has 0 unspecified atom stereocenters. The predicted octanol–water partition coefficient (Wildman–Crippen LogP) is 0.286. The third-order valence-corrected chi connectivity index (χ3v) is 3.91. The van der Waals surface area contributed by atoms with Crippen LogP contribution < -0.4 is 11.4 Å². The van der Waals surface area contributed by atoms with E-state index in [0.717, 1.165) is 0 Å². The quantitative estimate of drug-likeness (QED) is 0.591. The summed E-state index contributed by atoms with van der Waals surface area (Å²) in [6.07, 6.45) is 4.28. The number of hydrogen-bond acceptors (Lipinski definition) is 2. The van der Waals surface area contributed by atoms with Gasteiger partial charge in [0, 0.05) is 7.05 Å². The molecule has 0 amide bonds. The van der Waals surface area contributed by atoms with E-state index in [1.807, 2.05) is 0 Å². The highest BCUT2D eigenvalue weighted by Gasteiger charge is 2.47. The average Bonchev–Trinajstić information content (AvgIpc) is 2.37. The van der Waals surface area contributed by atoms with Crippen molar-refractivity contribution in [2.45, 2.75) is 25.9 Å². The number of nitrogens with zero attached hydrogens (tertiary/aromatic N) is 3. The van der Waals surface area contributed by atoms with Crippen molar-refractivity contribution in [2.24, 2.45) is 18.9 Å². The molecule has 2 aliphatic rings. The van der Waals surface area contributed by atoms with Gasteiger partial charge in [0.05, 0.1) is 12.1 Å². The molecule has 5 heteroatoms. The third-order valence-electron chi connectivity index (χ3n) is 3.91. The lowest BCUT2D eigenvalue weighted by Gasteiger charge is -2.46. The Balaban J connectivity index is 2.27. The molecule has 1 aliphatic carbocycles. The molecule has 4 atom stereocenters. The fraction of sp³-hybridized carbons (Fsp3) is 0.636. The van der Waals surface area contributed by atoms with E-state index in [2.05, 4.69) is 26.0 Å². The molecule has 0 N–H and O–H groups in total. The van der Waals surface area contributed by atoms with E-state index in [0.29, 0.717) is 11.8 Å². The lowest BCUT2D eigenvalue weighted by molar-refractivity contribution is 0.0552. The highest BCUT2D eigenvalue weighted by molar-refractivity contribution is 5.11. The van der Waals surface area contributed by atoms with Gasteiger partial charge in [0.15, 0.2) is 0 Å². The molecule has 0 spiro atoms. The highest BCUT2D eigenvalue weighted by Crippen LogP contribution is 2.45. The minimum absolute atomic E-state index is 0.154. The van der Waals surface area contributed by atoms with E-state index in [1.54, 1.807) is 9.36 Å². The van der Waals surface area contributed by atoms with Crippen LogP contribution in [0.1, 0.15) is 25.9 Å². The van der Waals surface area contributed by atoms with Gasteiger partial charge < -0.3 is 0 Å². The van der Waals surface area contributed by atoms with Crippen molar-refractivity contribution in [3.8, 4) is 0 Å². The van der Waals surface area contributed by atoms with E-state index in [9.17, 15) is 9.59 Å². The summed E-state index contributed by atoms with van der Waals surface area (Å²) in [5.41, 5.74) is -0.388. The molecule has 86 valence electrons. The van der Waals surface area contributed by atoms with Gasteiger partial charge in [0.25, 0.3) is 0 Å². The Bertz CT molecular complexity index is 540. The molecule has 1 aromatic heterocycles. The molecule has 0 bridgehead atoms. The van der Waals surface area contributed by atoms with Gasteiger partial charge in [0.2, 0.25) is 0 Å². The Morgan fingerprint density at radius 3 is 1.69 bits per heavy atom. The van der Waals surface area contributed by atoms with Gasteiger partial charge >= 0.3 is 11.4 Å². The second-order valence-electron chi connectivity index (χ2n) is 4.90. The SMILES string of the molecule is C[C@@H]1C=C[C@H](C)[C@H]2[C@@H]1n1c(=O)n(C)c(=O)n12. The van der Waals surface area contributed by atoms with Crippen LogP contribution in [0, 0.1) is 11.8 Å². The van der Waals surface area contributed by atoms with Gasteiger partial charge in [-0.05, 0) is 11.8 Å². The molecular formula is C11H15N3O2. The molecule has 0 aromatic carbocycles. The summed E-state index contributed by atoms with van der Waals surface area (Å²) in [4.78, 5) is 23.7. The van der Waals surface area contributed by atoms with Crippen LogP contribution in [0.3, 0.4) is 0 Å². The van der Waals surface area contributed by atoms with Crippen LogP contribution in [-0.4, -0.2) is 13.9 Å². The molecule has 0 saturated carbocycles. The first-order valence-corrected chi connectivity index (χ1v) is 5.62. The summed E-state index contributed by atoms with van der Waals surface area (Å²) in [7, 11) is 1.54. The minimum atomic E-state index is -0.194. The monoisotopic (exact) mass is 221 g/mol. The summed E-state index contributed by atoms with van der Waals surface area (Å²) >= 11 is 0. The van der Waals surface area contributed by atoms with Gasteiger partial charge in [-0.25, -0.2) is 23.5 Å². The summed E-state index contributed by atoms with van der Waals surface area (Å²) in [5.74, 6) is 0.640. The van der Waals surface area contributed by atoms with Crippen molar-refractivity contribution in [3.05, 3.63) is 33.1 Å². The van der Waals surface area contributed by atoms with E-state index in [-0.39, 0.29) is 23.5 Å². The van der Waals surface area contributed by atoms with Crippen LogP contribution in [-0.2, 0) is 7.05 Å². The maximum atomic E-state index is 11.8. The van der Waals surface area contributed by atoms with Crippen LogP contribution in [0.15, 0.2) is 21.7 Å². The van der Waals surface area contributed by atoms with Crippen LogP contribution in [0.4, 0.5) is 0 Å². The molecule has 1 aromatic rings. The molecular weight excluding hydrogens is 206 g/mol. The zero-order chi connectivity index (χ0) is 11.6. The standard InChI is InChI=1S/C11H15N3O2/c1-6-4-5-7(2)9-8(6)13-10(15)12(3)11(16)14(9)13/h4-9H,1-3H3/t6-,7+,8-,9+. The Morgan fingerprint density at radius 1 is 0.938 bits per heavy atom. The topological polar surface area (TPSA) is 48.9 Å². The Hall–Kier alpha value is -1.52. The molecule has 5 nitrogen and oxygen atoms in total. The van der Waals surface area contributed by atoms with Crippen LogP contribution >= 0.6 is 0 Å². The summed E-state index contributed by atoms with van der Waals surface area (Å²) in [6, 6.07) is 0.308. The lowest BCUT2D eigenvalue weighted by atomic mass is 9.79. The van der Waals surface area contributed by atoms with Crippen LogP contribution in [0.25, 0.3) is 0 Å². The van der Waals surface area contributed by atoms with E-state index < -0.39 is 0 Å². The maximum Gasteiger partial charge on any atom is 0.347 e. The van der Waals surface area contributed by atoms with Gasteiger partial charge in [-0.15, -0.1) is 0 Å². The molecule has 0 fully saturated rings. The largest absolute Gasteiger partial charge is 0.347 e. The highest BCUT2D eigenvalue weighted by atomic mass is 16.2. The van der Waals surface area contributed by atoms with E-state index in [1.165, 1.54) is 11.6 Å². The zero-order valence-corrected chi connectivity index (χ0v) is 9.62. The second kappa shape index (κ2) is 2.78. The van der Waals surface area contributed by atoms with Gasteiger partial charge in [0.1, 0.15) is 0 Å². The minimum Gasteiger partial charge on any atom is -0.246 e. The summed E-state index contributed by atoms with van der Waals surface area (Å²) in [5, 5.41) is 0. The normalized spacial score (nSPS) is 35.4. The number of rotatable bonds is 0. The molecule has 0 saturated heterocycles. The van der Waals surface area contributed by atoms with Crippen LogP contribution in [0.5, 0.6) is 0 Å². The van der Waals surface area contributed by atoms with Crippen molar-refractivity contribution in [3.63, 3.8) is 0 Å². The first-order valence-electron chi connectivity index (χ1n) is 5.62. The van der Waals surface area contributed by atoms with E-state index in [4.69, 9.17) is 0 Å². The Morgan fingerprint density at radius 2 is 1.31 bits per heavy atom.